The van der Waals surface area contributed by atoms with E-state index in [1.54, 1.807) is 0 Å². The van der Waals surface area contributed by atoms with E-state index >= 15 is 0 Å². The Balaban J connectivity index is 3.80. The van der Waals surface area contributed by atoms with E-state index in [0.29, 0.717) is 0 Å². The summed E-state index contributed by atoms with van der Waals surface area (Å²) in [5.41, 5.74) is -0.0939. The summed E-state index contributed by atoms with van der Waals surface area (Å²) in [6.07, 6.45) is 0.765. The van der Waals surface area contributed by atoms with Gasteiger partial charge in [0.25, 0.3) is 0 Å². The highest BCUT2D eigenvalue weighted by atomic mass is 35.5. The van der Waals surface area contributed by atoms with Gasteiger partial charge in [0, 0.05) is 0 Å². The Morgan fingerprint density at radius 1 is 1.50 bits per heavy atom. The van der Waals surface area contributed by atoms with Crippen LogP contribution in [-0.4, -0.2) is 11.7 Å². The van der Waals surface area contributed by atoms with Gasteiger partial charge in [0.1, 0.15) is 6.29 Å². The van der Waals surface area contributed by atoms with Gasteiger partial charge in [0.05, 0.1) is 5.38 Å². The van der Waals surface area contributed by atoms with Crippen molar-refractivity contribution in [3.63, 3.8) is 0 Å². The van der Waals surface area contributed by atoms with E-state index in [-0.39, 0.29) is 10.8 Å². The van der Waals surface area contributed by atoms with E-state index in [1.807, 2.05) is 20.8 Å². The molecule has 0 heterocycles. The lowest BCUT2D eigenvalue weighted by Gasteiger charge is -2.19. The zero-order valence-corrected chi connectivity index (χ0v) is 6.20. The Labute approximate surface area is 55.0 Å². The average Bonchev–Trinajstić information content (AvgIpc) is 1.62. The monoisotopic (exact) mass is 134 g/mol. The summed E-state index contributed by atoms with van der Waals surface area (Å²) in [5.74, 6) is 0. The minimum absolute atomic E-state index is 0.0939. The fraction of sp³-hybridized carbons (Fsp3) is 0.833. The predicted molar refractivity (Wildman–Crippen MR) is 35.2 cm³/mol. The van der Waals surface area contributed by atoms with Crippen molar-refractivity contribution in [2.75, 3.05) is 0 Å². The molecular formula is C6H11ClO. The minimum Gasteiger partial charge on any atom is -0.302 e. The largest absolute Gasteiger partial charge is 0.302 e. The highest BCUT2D eigenvalue weighted by molar-refractivity contribution is 6.28. The molecule has 0 rings (SSSR count). The lowest BCUT2D eigenvalue weighted by Crippen LogP contribution is -2.21. The van der Waals surface area contributed by atoms with Gasteiger partial charge in [-0.25, -0.2) is 0 Å². The summed E-state index contributed by atoms with van der Waals surface area (Å²) < 4.78 is 0. The van der Waals surface area contributed by atoms with Crippen LogP contribution in [0.4, 0.5) is 0 Å². The molecule has 0 aliphatic rings. The van der Waals surface area contributed by atoms with Crippen LogP contribution in [0.15, 0.2) is 0 Å². The van der Waals surface area contributed by atoms with Crippen LogP contribution in [0.5, 0.6) is 0 Å². The molecule has 2 heteroatoms. The number of aldehydes is 1. The average molecular weight is 135 g/mol. The molecule has 8 heavy (non-hydrogen) atoms. The van der Waals surface area contributed by atoms with Crippen LogP contribution in [-0.2, 0) is 4.79 Å². The van der Waals surface area contributed by atoms with Crippen LogP contribution < -0.4 is 0 Å². The first-order chi connectivity index (χ1) is 3.48. The molecule has 0 aliphatic heterocycles. The Morgan fingerprint density at radius 3 is 1.88 bits per heavy atom. The van der Waals surface area contributed by atoms with Gasteiger partial charge in [-0.05, 0) is 5.41 Å². The fourth-order valence-corrected chi connectivity index (χ4v) is 0.204. The first-order valence-corrected chi connectivity index (χ1v) is 3.01. The van der Waals surface area contributed by atoms with Crippen LogP contribution >= 0.6 is 11.6 Å². The molecule has 0 saturated carbocycles. The maximum atomic E-state index is 10.0. The molecule has 1 unspecified atom stereocenters. The Hall–Kier alpha value is -0.0400. The summed E-state index contributed by atoms with van der Waals surface area (Å²) in [6, 6.07) is 0. The molecule has 0 aromatic heterocycles. The summed E-state index contributed by atoms with van der Waals surface area (Å²) in [5, 5.41) is -0.359. The van der Waals surface area contributed by atoms with Crippen molar-refractivity contribution >= 4 is 17.9 Å². The number of carbonyl (C=O) groups excluding carboxylic acids is 1. The lowest BCUT2D eigenvalue weighted by molar-refractivity contribution is -0.108. The molecule has 0 saturated heterocycles. The molecule has 0 bridgehead atoms. The number of halogens is 1. The van der Waals surface area contributed by atoms with Crippen molar-refractivity contribution in [2.45, 2.75) is 26.1 Å². The zero-order valence-electron chi connectivity index (χ0n) is 5.44. The van der Waals surface area contributed by atoms with Gasteiger partial charge in [-0.15, -0.1) is 11.6 Å². The van der Waals surface area contributed by atoms with E-state index in [1.165, 1.54) is 0 Å². The van der Waals surface area contributed by atoms with Crippen LogP contribution in [0.2, 0.25) is 0 Å². The number of rotatable bonds is 1. The van der Waals surface area contributed by atoms with Gasteiger partial charge < -0.3 is 4.79 Å². The second kappa shape index (κ2) is 2.49. The number of alkyl halides is 1. The number of hydrogen-bond acceptors (Lipinski definition) is 1. The van der Waals surface area contributed by atoms with Gasteiger partial charge in [-0.1, -0.05) is 20.8 Å². The van der Waals surface area contributed by atoms with Gasteiger partial charge >= 0.3 is 0 Å². The Morgan fingerprint density at radius 2 is 1.88 bits per heavy atom. The van der Waals surface area contributed by atoms with E-state index in [0.717, 1.165) is 6.29 Å². The van der Waals surface area contributed by atoms with Gasteiger partial charge in [0.15, 0.2) is 0 Å². The second-order valence-corrected chi connectivity index (χ2v) is 3.37. The molecule has 48 valence electrons. The molecule has 0 amide bonds. The van der Waals surface area contributed by atoms with Crippen molar-refractivity contribution in [1.82, 2.24) is 0 Å². The molecule has 0 aromatic carbocycles. The maximum Gasteiger partial charge on any atom is 0.138 e. The SMILES string of the molecule is CC(C)(C)C(Cl)C=O. The highest BCUT2D eigenvalue weighted by Gasteiger charge is 2.20. The first-order valence-electron chi connectivity index (χ1n) is 2.58. The minimum atomic E-state index is -0.359. The molecular weight excluding hydrogens is 124 g/mol. The summed E-state index contributed by atoms with van der Waals surface area (Å²) in [6.45, 7) is 5.79. The Bertz CT molecular complexity index is 83.0. The van der Waals surface area contributed by atoms with Crippen LogP contribution in [0, 0.1) is 5.41 Å². The third kappa shape index (κ3) is 2.31. The third-order valence-electron chi connectivity index (χ3n) is 0.947. The Kier molecular flexibility index (Phi) is 2.48. The molecule has 0 aliphatic carbocycles. The normalized spacial score (nSPS) is 15.5. The summed E-state index contributed by atoms with van der Waals surface area (Å²) in [7, 11) is 0. The van der Waals surface area contributed by atoms with Gasteiger partial charge in [0.2, 0.25) is 0 Å². The molecule has 0 N–H and O–H groups in total. The molecule has 1 atom stereocenters. The third-order valence-corrected chi connectivity index (χ3v) is 1.70. The highest BCUT2D eigenvalue weighted by Crippen LogP contribution is 2.21. The second-order valence-electron chi connectivity index (χ2n) is 2.90. The van der Waals surface area contributed by atoms with Crippen molar-refractivity contribution in [3.8, 4) is 0 Å². The summed E-state index contributed by atoms with van der Waals surface area (Å²) >= 11 is 5.57. The van der Waals surface area contributed by atoms with Gasteiger partial charge in [-0.2, -0.15) is 0 Å². The molecule has 0 radical (unpaired) electrons. The topological polar surface area (TPSA) is 17.1 Å². The number of carbonyl (C=O) groups is 1. The molecule has 1 nitrogen and oxygen atoms in total. The van der Waals surface area contributed by atoms with E-state index < -0.39 is 0 Å². The van der Waals surface area contributed by atoms with Crippen molar-refractivity contribution in [1.29, 1.82) is 0 Å². The van der Waals surface area contributed by atoms with Crippen LogP contribution in [0.3, 0.4) is 0 Å². The van der Waals surface area contributed by atoms with Crippen LogP contribution in [0.25, 0.3) is 0 Å². The van der Waals surface area contributed by atoms with Crippen molar-refractivity contribution < 1.29 is 4.79 Å². The predicted octanol–water partition coefficient (Wildman–Crippen LogP) is 1.84. The maximum absolute atomic E-state index is 10.0. The number of hydrogen-bond donors (Lipinski definition) is 0. The first kappa shape index (κ1) is 7.96. The molecule has 0 fully saturated rings. The molecule has 0 spiro atoms. The van der Waals surface area contributed by atoms with E-state index in [2.05, 4.69) is 0 Å². The fourth-order valence-electron chi connectivity index (χ4n) is 0.204. The zero-order chi connectivity index (χ0) is 6.78. The standard InChI is InChI=1S/C6H11ClO/c1-6(2,3)5(7)4-8/h4-5H,1-3H3. The molecule has 0 aromatic rings. The lowest BCUT2D eigenvalue weighted by atomic mass is 9.93. The quantitative estimate of drug-likeness (QED) is 0.395. The van der Waals surface area contributed by atoms with Crippen molar-refractivity contribution in [2.24, 2.45) is 5.41 Å². The van der Waals surface area contributed by atoms with E-state index in [9.17, 15) is 4.79 Å². The van der Waals surface area contributed by atoms with E-state index in [4.69, 9.17) is 11.6 Å². The smallest absolute Gasteiger partial charge is 0.138 e. The van der Waals surface area contributed by atoms with Crippen LogP contribution in [0.1, 0.15) is 20.8 Å². The van der Waals surface area contributed by atoms with Crippen molar-refractivity contribution in [3.05, 3.63) is 0 Å². The summed E-state index contributed by atoms with van der Waals surface area (Å²) in [4.78, 5) is 10.0. The van der Waals surface area contributed by atoms with Gasteiger partial charge in [-0.3, -0.25) is 0 Å².